The Morgan fingerprint density at radius 1 is 0.185 bits per heavy atom. The van der Waals surface area contributed by atoms with Gasteiger partial charge in [0.1, 0.15) is 0 Å². The van der Waals surface area contributed by atoms with Crippen molar-refractivity contribution in [3.8, 4) is 44.5 Å². The van der Waals surface area contributed by atoms with Crippen LogP contribution in [0.15, 0.2) is 340 Å². The minimum absolute atomic E-state index is 1.13. The fourth-order valence-electron chi connectivity index (χ4n) is 14.6. The lowest BCUT2D eigenvalue weighted by atomic mass is 9.99. The van der Waals surface area contributed by atoms with Crippen LogP contribution in [0.1, 0.15) is 124 Å². The molecule has 0 aliphatic rings. The highest BCUT2D eigenvalue weighted by molar-refractivity contribution is 5.85. The Morgan fingerprint density at radius 2 is 0.389 bits per heavy atom. The topological polar surface area (TPSA) is 13.0 Å². The fraction of sp³-hybridized carbons (Fsp3) is 0.192. The van der Waals surface area contributed by atoms with E-state index in [9.17, 15) is 0 Å². The lowest BCUT2D eigenvalue weighted by molar-refractivity contribution is 0.795. The largest absolute Gasteiger partial charge is 0.310 e. The highest BCUT2D eigenvalue weighted by Gasteiger charge is 2.20. The van der Waals surface area contributed by atoms with Gasteiger partial charge in [-0.25, -0.2) is 0 Å². The predicted octanol–water partition coefficient (Wildman–Crippen LogP) is 30.5. The smallest absolute Gasteiger partial charge is 0.0490 e. The van der Waals surface area contributed by atoms with Crippen LogP contribution in [-0.4, -0.2) is 0 Å². The summed E-state index contributed by atoms with van der Waals surface area (Å²) in [6.07, 6.45) is 14.2. The normalized spacial score (nSPS) is 11.0. The number of rotatable bonds is 28. The molecular formula is C104H104N4. The molecule has 0 spiro atoms. The van der Waals surface area contributed by atoms with E-state index in [1.54, 1.807) is 0 Å². The van der Waals surface area contributed by atoms with E-state index in [2.05, 4.69) is 415 Å². The summed E-state index contributed by atoms with van der Waals surface area (Å²) >= 11 is 0. The number of nitrogens with zero attached hydrogens (tertiary/aromatic N) is 4. The molecule has 0 unspecified atom stereocenters. The van der Waals surface area contributed by atoms with Gasteiger partial charge in [0.05, 0.1) is 0 Å². The van der Waals surface area contributed by atoms with Crippen molar-refractivity contribution in [2.45, 2.75) is 132 Å². The molecule has 0 aliphatic carbocycles. The molecule has 0 heterocycles. The monoisotopic (exact) mass is 1410 g/mol. The van der Waals surface area contributed by atoms with Crippen LogP contribution < -0.4 is 19.6 Å². The first-order chi connectivity index (χ1) is 53.0. The molecule has 4 nitrogen and oxygen atoms in total. The maximum atomic E-state index is 2.37. The van der Waals surface area contributed by atoms with Crippen LogP contribution >= 0.6 is 0 Å². The Kier molecular flexibility index (Phi) is 25.2. The minimum Gasteiger partial charge on any atom is -0.310 e. The SMILES string of the molecule is CCCCc1ccc(N(c2ccc(-c3ccc(-c4ccc(N(c5ccc(CCCC)cc5)c5cccc(C)c5)cc4)cc3)cc2)c2cccc(C)c2)cc1.CCCCc1ccc(N(c2ccc(-c3ccc(-c4ccc(N(c5ccc(CCCC)cc5)c5ccccc5C)cc4)cc3)cc2)c2ccccc2C)cc1. The summed E-state index contributed by atoms with van der Waals surface area (Å²) in [6.45, 7) is 17.7. The summed E-state index contributed by atoms with van der Waals surface area (Å²) < 4.78 is 0. The number of aryl methyl sites for hydroxylation is 8. The number of anilines is 12. The number of hydrogen-bond donors (Lipinski definition) is 0. The maximum absolute atomic E-state index is 2.37. The first kappa shape index (κ1) is 74.5. The van der Waals surface area contributed by atoms with E-state index in [0.29, 0.717) is 0 Å². The van der Waals surface area contributed by atoms with E-state index in [1.807, 2.05) is 0 Å². The molecule has 0 fully saturated rings. The molecule has 14 aromatic rings. The van der Waals surface area contributed by atoms with Gasteiger partial charge in [-0.3, -0.25) is 0 Å². The molecule has 0 atom stereocenters. The van der Waals surface area contributed by atoms with Crippen molar-refractivity contribution in [2.75, 3.05) is 19.6 Å². The van der Waals surface area contributed by atoms with E-state index in [0.717, 1.165) is 48.4 Å². The Morgan fingerprint density at radius 3 is 0.602 bits per heavy atom. The Balaban J connectivity index is 0.000000190. The average molecular weight is 1410 g/mol. The van der Waals surface area contributed by atoms with E-state index in [4.69, 9.17) is 0 Å². The summed E-state index contributed by atoms with van der Waals surface area (Å²) in [7, 11) is 0. The van der Waals surface area contributed by atoms with E-state index < -0.39 is 0 Å². The highest BCUT2D eigenvalue weighted by Crippen LogP contribution is 2.43. The van der Waals surface area contributed by atoms with Gasteiger partial charge < -0.3 is 19.6 Å². The zero-order valence-corrected chi connectivity index (χ0v) is 64.6. The standard InChI is InChI=1S/2C52H52N2/c1-5-7-15-41-19-31-47(32-20-41)53(51-17-11-9-13-39(51)3)49-35-27-45(28-36-49)43-23-25-44(26-24-43)46-29-37-50(38-30-46)54(52-18-12-10-14-40(52)4)48-33-21-42(22-34-48)16-8-6-2;1-5-7-13-41-17-29-47(30-18-41)53(51-15-9-11-39(3)37-51)49-33-25-45(26-34-49)43-21-23-44(24-22-43)46-27-35-50(36-28-46)54(52-16-10-12-40(4)38-52)48-31-19-42(20-32-48)14-8-6-2/h9-14,17-38H,5-8,15-16H2,1-4H3;9-12,15-38H,5-8,13-14H2,1-4H3. The Labute approximate surface area is 645 Å². The summed E-state index contributed by atoms with van der Waals surface area (Å²) in [5.41, 5.74) is 34.2. The van der Waals surface area contributed by atoms with E-state index in [-0.39, 0.29) is 0 Å². The van der Waals surface area contributed by atoms with Gasteiger partial charge in [0.2, 0.25) is 0 Å². The second kappa shape index (κ2) is 36.5. The lowest BCUT2D eigenvalue weighted by Crippen LogP contribution is -2.11. The number of unbranched alkanes of at least 4 members (excludes halogenated alkanes) is 4. The zero-order chi connectivity index (χ0) is 74.6. The van der Waals surface area contributed by atoms with Crippen LogP contribution in [0.25, 0.3) is 44.5 Å². The van der Waals surface area contributed by atoms with Gasteiger partial charge in [-0.1, -0.05) is 260 Å². The minimum atomic E-state index is 1.13. The van der Waals surface area contributed by atoms with Gasteiger partial charge in [0.25, 0.3) is 0 Å². The molecule has 0 aromatic heterocycles. The zero-order valence-electron chi connectivity index (χ0n) is 64.6. The van der Waals surface area contributed by atoms with Gasteiger partial charge in [0.15, 0.2) is 0 Å². The molecule has 14 aromatic carbocycles. The molecule has 0 bridgehead atoms. The van der Waals surface area contributed by atoms with Crippen molar-refractivity contribution in [1.29, 1.82) is 0 Å². The molecular weight excluding hydrogens is 1310 g/mol. The van der Waals surface area contributed by atoms with Gasteiger partial charge in [-0.05, 0) is 302 Å². The van der Waals surface area contributed by atoms with Crippen LogP contribution in [0.4, 0.5) is 68.2 Å². The van der Waals surface area contributed by atoms with Gasteiger partial charge >= 0.3 is 0 Å². The maximum Gasteiger partial charge on any atom is 0.0490 e. The number of hydrogen-bond acceptors (Lipinski definition) is 4. The van der Waals surface area contributed by atoms with Crippen LogP contribution in [0, 0.1) is 27.7 Å². The van der Waals surface area contributed by atoms with Crippen molar-refractivity contribution in [2.24, 2.45) is 0 Å². The molecule has 0 N–H and O–H groups in total. The summed E-state index contributed by atoms with van der Waals surface area (Å²) in [4.78, 5) is 9.46. The summed E-state index contributed by atoms with van der Waals surface area (Å²) in [6, 6.07) is 125. The third kappa shape index (κ3) is 18.6. The molecule has 540 valence electrons. The second-order valence-electron chi connectivity index (χ2n) is 29.0. The summed E-state index contributed by atoms with van der Waals surface area (Å²) in [5, 5.41) is 0. The van der Waals surface area contributed by atoms with Crippen molar-refractivity contribution >= 4 is 68.2 Å². The van der Waals surface area contributed by atoms with Crippen LogP contribution in [0.2, 0.25) is 0 Å². The molecule has 0 radical (unpaired) electrons. The number of para-hydroxylation sites is 2. The second-order valence-corrected chi connectivity index (χ2v) is 29.0. The van der Waals surface area contributed by atoms with Crippen molar-refractivity contribution in [3.05, 3.63) is 384 Å². The van der Waals surface area contributed by atoms with Crippen molar-refractivity contribution in [1.82, 2.24) is 0 Å². The van der Waals surface area contributed by atoms with Crippen molar-refractivity contribution < 1.29 is 0 Å². The quantitative estimate of drug-likeness (QED) is 0.0484. The molecule has 0 amide bonds. The molecule has 0 aliphatic heterocycles. The fourth-order valence-corrected chi connectivity index (χ4v) is 14.6. The molecule has 0 saturated carbocycles. The first-order valence-electron chi connectivity index (χ1n) is 39.4. The lowest BCUT2D eigenvalue weighted by Gasteiger charge is -2.27. The highest BCUT2D eigenvalue weighted by atomic mass is 15.2. The van der Waals surface area contributed by atoms with Crippen molar-refractivity contribution in [3.63, 3.8) is 0 Å². The van der Waals surface area contributed by atoms with E-state index in [1.165, 1.54) is 186 Å². The Hall–Kier alpha value is -11.7. The molecule has 14 rings (SSSR count). The first-order valence-corrected chi connectivity index (χ1v) is 39.4. The van der Waals surface area contributed by atoms with Gasteiger partial charge in [0, 0.05) is 68.2 Å². The molecule has 0 saturated heterocycles. The van der Waals surface area contributed by atoms with E-state index >= 15 is 0 Å². The van der Waals surface area contributed by atoms with Crippen LogP contribution in [-0.2, 0) is 25.7 Å². The van der Waals surface area contributed by atoms with Gasteiger partial charge in [-0.15, -0.1) is 0 Å². The van der Waals surface area contributed by atoms with Gasteiger partial charge in [-0.2, -0.15) is 0 Å². The average Bonchev–Trinajstić information content (AvgIpc) is 0.811. The molecule has 108 heavy (non-hydrogen) atoms. The predicted molar refractivity (Wildman–Crippen MR) is 467 cm³/mol. The van der Waals surface area contributed by atoms with Crippen LogP contribution in [0.5, 0.6) is 0 Å². The third-order valence-electron chi connectivity index (χ3n) is 20.9. The van der Waals surface area contributed by atoms with Crippen LogP contribution in [0.3, 0.4) is 0 Å². The Bertz CT molecular complexity index is 4790. The summed E-state index contributed by atoms with van der Waals surface area (Å²) in [5.74, 6) is 0. The third-order valence-corrected chi connectivity index (χ3v) is 20.9. The number of benzene rings is 14. The molecule has 4 heteroatoms.